The molecule has 0 aliphatic rings. The number of ether oxygens (including phenoxy) is 1. The molecular formula is C19H15BrN2O3. The maximum atomic E-state index is 11.8. The molecule has 5 nitrogen and oxygen atoms in total. The van der Waals surface area contributed by atoms with Gasteiger partial charge in [0.05, 0.1) is 0 Å². The highest BCUT2D eigenvalue weighted by Crippen LogP contribution is 2.20. The number of rotatable bonds is 5. The fourth-order valence-electron chi connectivity index (χ4n) is 2.20. The standard InChI is InChI=1S/C19H15BrN2O3/c20-16-8-5-14(6-9-16)19(21)22-25-18(23)12-24-17-10-7-13-3-1-2-4-15(13)11-17/h1-11H,12H2,(H2,21,22). The molecule has 126 valence electrons. The second-order valence-electron chi connectivity index (χ2n) is 5.24. The van der Waals surface area contributed by atoms with Crippen LogP contribution in [0.4, 0.5) is 0 Å². The van der Waals surface area contributed by atoms with E-state index >= 15 is 0 Å². The van der Waals surface area contributed by atoms with E-state index in [1.165, 1.54) is 0 Å². The average molecular weight is 399 g/mol. The van der Waals surface area contributed by atoms with E-state index in [1.54, 1.807) is 18.2 Å². The highest BCUT2D eigenvalue weighted by Gasteiger charge is 2.06. The van der Waals surface area contributed by atoms with Crippen LogP contribution < -0.4 is 10.5 Å². The maximum absolute atomic E-state index is 11.8. The molecular weight excluding hydrogens is 384 g/mol. The van der Waals surface area contributed by atoms with E-state index in [0.717, 1.165) is 15.2 Å². The van der Waals surface area contributed by atoms with Gasteiger partial charge in [-0.1, -0.05) is 63.6 Å². The molecule has 0 saturated carbocycles. The maximum Gasteiger partial charge on any atom is 0.372 e. The summed E-state index contributed by atoms with van der Waals surface area (Å²) in [7, 11) is 0. The van der Waals surface area contributed by atoms with Gasteiger partial charge in [0.15, 0.2) is 12.4 Å². The minimum Gasteiger partial charge on any atom is -0.482 e. The number of amidine groups is 1. The zero-order chi connectivity index (χ0) is 17.6. The molecule has 0 aliphatic heterocycles. The molecule has 0 fully saturated rings. The van der Waals surface area contributed by atoms with Crippen molar-refractivity contribution in [1.82, 2.24) is 0 Å². The second kappa shape index (κ2) is 7.81. The van der Waals surface area contributed by atoms with Gasteiger partial charge in [0.25, 0.3) is 0 Å². The van der Waals surface area contributed by atoms with Crippen molar-refractivity contribution in [2.24, 2.45) is 10.9 Å². The van der Waals surface area contributed by atoms with Crippen LogP contribution in [-0.2, 0) is 9.63 Å². The Morgan fingerprint density at radius 3 is 2.48 bits per heavy atom. The summed E-state index contributed by atoms with van der Waals surface area (Å²) >= 11 is 3.33. The van der Waals surface area contributed by atoms with Gasteiger partial charge in [-0.3, -0.25) is 0 Å². The zero-order valence-electron chi connectivity index (χ0n) is 13.2. The van der Waals surface area contributed by atoms with Crippen molar-refractivity contribution >= 4 is 38.5 Å². The Morgan fingerprint density at radius 2 is 1.72 bits per heavy atom. The van der Waals surface area contributed by atoms with Crippen molar-refractivity contribution in [2.75, 3.05) is 6.61 Å². The van der Waals surface area contributed by atoms with Gasteiger partial charge in [-0.25, -0.2) is 4.79 Å². The molecule has 0 atom stereocenters. The van der Waals surface area contributed by atoms with Crippen molar-refractivity contribution in [3.05, 3.63) is 76.8 Å². The van der Waals surface area contributed by atoms with Gasteiger partial charge < -0.3 is 15.3 Å². The van der Waals surface area contributed by atoms with Gasteiger partial charge >= 0.3 is 5.97 Å². The van der Waals surface area contributed by atoms with E-state index < -0.39 is 5.97 Å². The first-order valence-electron chi connectivity index (χ1n) is 7.53. The summed E-state index contributed by atoms with van der Waals surface area (Å²) in [6.07, 6.45) is 0. The number of fused-ring (bicyclic) bond motifs is 1. The molecule has 6 heteroatoms. The van der Waals surface area contributed by atoms with E-state index in [4.69, 9.17) is 15.3 Å². The van der Waals surface area contributed by atoms with E-state index in [2.05, 4.69) is 21.1 Å². The first kappa shape index (κ1) is 17.0. The largest absolute Gasteiger partial charge is 0.482 e. The van der Waals surface area contributed by atoms with Gasteiger partial charge in [0, 0.05) is 10.0 Å². The molecule has 0 saturated heterocycles. The summed E-state index contributed by atoms with van der Waals surface area (Å²) in [5.74, 6) is 0.0697. The van der Waals surface area contributed by atoms with Gasteiger partial charge in [-0.2, -0.15) is 0 Å². The summed E-state index contributed by atoms with van der Waals surface area (Å²) in [6, 6.07) is 20.7. The molecule has 0 unspecified atom stereocenters. The Labute approximate surface area is 153 Å². The van der Waals surface area contributed by atoms with Crippen molar-refractivity contribution < 1.29 is 14.4 Å². The average Bonchev–Trinajstić information content (AvgIpc) is 2.65. The normalized spacial score (nSPS) is 11.3. The Kier molecular flexibility index (Phi) is 5.30. The van der Waals surface area contributed by atoms with Gasteiger partial charge in [0.2, 0.25) is 0 Å². The summed E-state index contributed by atoms with van der Waals surface area (Å²) in [5, 5.41) is 5.77. The first-order chi connectivity index (χ1) is 12.1. The summed E-state index contributed by atoms with van der Waals surface area (Å²) in [5.41, 5.74) is 6.44. The molecule has 0 heterocycles. The van der Waals surface area contributed by atoms with Crippen molar-refractivity contribution in [2.45, 2.75) is 0 Å². The van der Waals surface area contributed by atoms with E-state index in [1.807, 2.05) is 48.5 Å². The molecule has 0 aromatic heterocycles. The quantitative estimate of drug-likeness (QED) is 0.306. The van der Waals surface area contributed by atoms with Crippen LogP contribution in [0.3, 0.4) is 0 Å². The number of hydrogen-bond donors (Lipinski definition) is 1. The minimum absolute atomic E-state index is 0.117. The third kappa shape index (κ3) is 4.58. The number of halogens is 1. The van der Waals surface area contributed by atoms with Crippen LogP contribution in [0.1, 0.15) is 5.56 Å². The third-order valence-electron chi connectivity index (χ3n) is 3.46. The lowest BCUT2D eigenvalue weighted by atomic mass is 10.1. The smallest absolute Gasteiger partial charge is 0.372 e. The molecule has 0 radical (unpaired) electrons. The van der Waals surface area contributed by atoms with Crippen molar-refractivity contribution in [3.8, 4) is 5.75 Å². The molecule has 3 aromatic rings. The topological polar surface area (TPSA) is 73.9 Å². The number of oxime groups is 1. The first-order valence-corrected chi connectivity index (χ1v) is 8.32. The number of hydrogen-bond acceptors (Lipinski definition) is 4. The fraction of sp³-hybridized carbons (Fsp3) is 0.0526. The molecule has 2 N–H and O–H groups in total. The lowest BCUT2D eigenvalue weighted by molar-refractivity contribution is -0.146. The Hall–Kier alpha value is -2.86. The monoisotopic (exact) mass is 398 g/mol. The SMILES string of the molecule is N/C(=N/OC(=O)COc1ccc2ccccc2c1)c1ccc(Br)cc1. The minimum atomic E-state index is -0.631. The lowest BCUT2D eigenvalue weighted by Crippen LogP contribution is -2.17. The number of carbonyl (C=O) groups excluding carboxylic acids is 1. The van der Waals surface area contributed by atoms with Crippen LogP contribution in [0.25, 0.3) is 10.8 Å². The van der Waals surface area contributed by atoms with Crippen LogP contribution in [0.15, 0.2) is 76.4 Å². The predicted molar refractivity (Wildman–Crippen MR) is 100 cm³/mol. The fourth-order valence-corrected chi connectivity index (χ4v) is 2.46. The van der Waals surface area contributed by atoms with Gasteiger partial charge in [0.1, 0.15) is 5.75 Å². The van der Waals surface area contributed by atoms with Crippen molar-refractivity contribution in [1.29, 1.82) is 0 Å². The number of carbonyl (C=O) groups is 1. The van der Waals surface area contributed by atoms with Crippen LogP contribution in [0.2, 0.25) is 0 Å². The highest BCUT2D eigenvalue weighted by molar-refractivity contribution is 9.10. The zero-order valence-corrected chi connectivity index (χ0v) is 14.8. The van der Waals surface area contributed by atoms with Crippen LogP contribution in [-0.4, -0.2) is 18.4 Å². The molecule has 25 heavy (non-hydrogen) atoms. The summed E-state index contributed by atoms with van der Waals surface area (Å²) < 4.78 is 6.36. The highest BCUT2D eigenvalue weighted by atomic mass is 79.9. The van der Waals surface area contributed by atoms with Crippen LogP contribution in [0.5, 0.6) is 5.75 Å². The van der Waals surface area contributed by atoms with E-state index in [-0.39, 0.29) is 12.4 Å². The predicted octanol–water partition coefficient (Wildman–Crippen LogP) is 3.84. The Morgan fingerprint density at radius 1 is 1.00 bits per heavy atom. The Balaban J connectivity index is 1.56. The lowest BCUT2D eigenvalue weighted by Gasteiger charge is -2.06. The third-order valence-corrected chi connectivity index (χ3v) is 3.99. The number of benzene rings is 3. The molecule has 3 rings (SSSR count). The molecule has 3 aromatic carbocycles. The van der Waals surface area contributed by atoms with Crippen molar-refractivity contribution in [3.63, 3.8) is 0 Å². The number of nitrogens with zero attached hydrogens (tertiary/aromatic N) is 1. The van der Waals surface area contributed by atoms with Gasteiger partial charge in [-0.15, -0.1) is 0 Å². The van der Waals surface area contributed by atoms with E-state index in [9.17, 15) is 4.79 Å². The van der Waals surface area contributed by atoms with Gasteiger partial charge in [-0.05, 0) is 35.0 Å². The number of nitrogens with two attached hydrogens (primary N) is 1. The van der Waals surface area contributed by atoms with E-state index in [0.29, 0.717) is 11.3 Å². The van der Waals surface area contributed by atoms with Crippen LogP contribution >= 0.6 is 15.9 Å². The summed E-state index contributed by atoms with van der Waals surface area (Å²) in [6.45, 7) is -0.255. The molecule has 0 aliphatic carbocycles. The summed E-state index contributed by atoms with van der Waals surface area (Å²) in [4.78, 5) is 16.5. The Bertz CT molecular complexity index is 923. The molecule has 0 spiro atoms. The van der Waals surface area contributed by atoms with Crippen LogP contribution in [0, 0.1) is 0 Å². The molecule has 0 amide bonds. The second-order valence-corrected chi connectivity index (χ2v) is 6.16. The molecule has 0 bridgehead atoms.